The zero-order chi connectivity index (χ0) is 16.5. The molecule has 0 amide bonds. The van der Waals surface area contributed by atoms with E-state index in [-0.39, 0.29) is 32.8 Å². The van der Waals surface area contributed by atoms with Crippen LogP contribution in [0.5, 0.6) is 11.5 Å². The van der Waals surface area contributed by atoms with Gasteiger partial charge in [0.05, 0.1) is 26.9 Å². The van der Waals surface area contributed by atoms with Gasteiger partial charge < -0.3 is 10.5 Å². The van der Waals surface area contributed by atoms with Crippen LogP contribution in [0.25, 0.3) is 0 Å². The fourth-order valence-electron chi connectivity index (χ4n) is 1.66. The molecule has 0 heterocycles. The van der Waals surface area contributed by atoms with Gasteiger partial charge in [-0.2, -0.15) is 18.4 Å². The third-order valence-electron chi connectivity index (χ3n) is 2.72. The Morgan fingerprint density at radius 2 is 1.73 bits per heavy atom. The molecule has 2 aromatic carbocycles. The highest BCUT2D eigenvalue weighted by Gasteiger charge is 2.32. The maximum atomic E-state index is 12.7. The molecule has 0 aliphatic carbocycles. The molecule has 114 valence electrons. The van der Waals surface area contributed by atoms with E-state index in [1.165, 1.54) is 18.2 Å². The lowest BCUT2D eigenvalue weighted by Crippen LogP contribution is -2.05. The first-order valence-corrected chi connectivity index (χ1v) is 6.52. The average Bonchev–Trinajstić information content (AvgIpc) is 2.43. The van der Waals surface area contributed by atoms with Crippen molar-refractivity contribution < 1.29 is 17.9 Å². The molecule has 0 atom stereocenters. The monoisotopic (exact) mass is 346 g/mol. The van der Waals surface area contributed by atoms with E-state index >= 15 is 0 Å². The van der Waals surface area contributed by atoms with E-state index in [0.29, 0.717) is 12.1 Å². The molecule has 2 rings (SSSR count). The fraction of sp³-hybridized carbons (Fsp3) is 0.0714. The molecule has 0 fully saturated rings. The zero-order valence-corrected chi connectivity index (χ0v) is 12.2. The summed E-state index contributed by atoms with van der Waals surface area (Å²) in [5.41, 5.74) is 4.94. The van der Waals surface area contributed by atoms with Crippen molar-refractivity contribution in [1.29, 1.82) is 5.26 Å². The van der Waals surface area contributed by atoms with Gasteiger partial charge >= 0.3 is 6.18 Å². The van der Waals surface area contributed by atoms with Crippen molar-refractivity contribution in [2.24, 2.45) is 0 Å². The van der Waals surface area contributed by atoms with E-state index in [9.17, 15) is 13.2 Å². The summed E-state index contributed by atoms with van der Waals surface area (Å²) in [5.74, 6) is -0.0965. The van der Waals surface area contributed by atoms with Crippen molar-refractivity contribution in [3.63, 3.8) is 0 Å². The van der Waals surface area contributed by atoms with Crippen LogP contribution in [0.4, 0.5) is 18.9 Å². The second kappa shape index (κ2) is 5.95. The van der Waals surface area contributed by atoms with Crippen molar-refractivity contribution in [2.75, 3.05) is 5.73 Å². The molecule has 0 unspecified atom stereocenters. The maximum Gasteiger partial charge on any atom is 0.416 e. The molecule has 0 spiro atoms. The van der Waals surface area contributed by atoms with Crippen molar-refractivity contribution in [1.82, 2.24) is 0 Å². The first-order valence-electron chi connectivity index (χ1n) is 5.76. The molecule has 0 aliphatic heterocycles. The van der Waals surface area contributed by atoms with E-state index in [1.807, 2.05) is 6.07 Å². The predicted molar refractivity (Wildman–Crippen MR) is 77.1 cm³/mol. The van der Waals surface area contributed by atoms with Crippen molar-refractivity contribution >= 4 is 28.9 Å². The van der Waals surface area contributed by atoms with Crippen LogP contribution in [0.15, 0.2) is 30.3 Å². The lowest BCUT2D eigenvalue weighted by molar-refractivity contribution is -0.137. The molecule has 0 aliphatic rings. The quantitative estimate of drug-likeness (QED) is 0.754. The number of rotatable bonds is 2. The van der Waals surface area contributed by atoms with Gasteiger partial charge in [-0.25, -0.2) is 0 Å². The Morgan fingerprint density at radius 3 is 2.23 bits per heavy atom. The fourth-order valence-corrected chi connectivity index (χ4v) is 2.23. The number of para-hydroxylation sites is 1. The van der Waals surface area contributed by atoms with Gasteiger partial charge in [0.15, 0.2) is 11.5 Å². The van der Waals surface area contributed by atoms with Crippen LogP contribution in [0.2, 0.25) is 10.0 Å². The summed E-state index contributed by atoms with van der Waals surface area (Å²) in [5, 5.41) is 8.25. The molecular formula is C14H7Cl2F3N2O. The van der Waals surface area contributed by atoms with Crippen LogP contribution in [-0.4, -0.2) is 0 Å². The number of hydrogen-bond donors (Lipinski definition) is 1. The number of alkyl halides is 3. The van der Waals surface area contributed by atoms with Gasteiger partial charge in [-0.15, -0.1) is 0 Å². The molecule has 22 heavy (non-hydrogen) atoms. The minimum absolute atomic E-state index is 0.0389. The topological polar surface area (TPSA) is 59.0 Å². The van der Waals surface area contributed by atoms with E-state index in [1.54, 1.807) is 0 Å². The van der Waals surface area contributed by atoms with Gasteiger partial charge in [0, 0.05) is 0 Å². The van der Waals surface area contributed by atoms with Gasteiger partial charge in [-0.1, -0.05) is 29.3 Å². The molecule has 0 aromatic heterocycles. The molecule has 2 aromatic rings. The number of nitrogens with zero attached hydrogens (tertiary/aromatic N) is 1. The number of hydrogen-bond acceptors (Lipinski definition) is 3. The molecule has 0 saturated carbocycles. The Kier molecular flexibility index (Phi) is 4.40. The minimum atomic E-state index is -4.58. The van der Waals surface area contributed by atoms with E-state index < -0.39 is 11.7 Å². The Hall–Kier alpha value is -2.10. The Bertz CT molecular complexity index is 747. The average molecular weight is 347 g/mol. The molecule has 0 bridgehead atoms. The van der Waals surface area contributed by atoms with E-state index in [0.717, 1.165) is 0 Å². The highest BCUT2D eigenvalue weighted by molar-refractivity contribution is 6.37. The normalized spacial score (nSPS) is 11.1. The number of nitrogens with two attached hydrogens (primary N) is 1. The molecule has 8 heteroatoms. The molecule has 0 saturated heterocycles. The molecular weight excluding hydrogens is 340 g/mol. The van der Waals surface area contributed by atoms with Gasteiger partial charge in [0.25, 0.3) is 0 Å². The number of anilines is 1. The molecule has 3 nitrogen and oxygen atoms in total. The smallest absolute Gasteiger partial charge is 0.416 e. The van der Waals surface area contributed by atoms with Crippen LogP contribution in [0.1, 0.15) is 11.1 Å². The van der Waals surface area contributed by atoms with Crippen molar-refractivity contribution in [2.45, 2.75) is 6.18 Å². The summed E-state index contributed by atoms with van der Waals surface area (Å²) in [4.78, 5) is 0. The van der Waals surface area contributed by atoms with Crippen LogP contribution >= 0.6 is 23.2 Å². The second-order valence-corrected chi connectivity index (χ2v) is 5.01. The summed E-state index contributed by atoms with van der Waals surface area (Å²) >= 11 is 11.6. The lowest BCUT2D eigenvalue weighted by atomic mass is 10.2. The van der Waals surface area contributed by atoms with E-state index in [2.05, 4.69) is 0 Å². The third kappa shape index (κ3) is 3.21. The maximum absolute atomic E-state index is 12.7. The Balaban J connectivity index is 2.46. The first kappa shape index (κ1) is 16.3. The highest BCUT2D eigenvalue weighted by Crippen LogP contribution is 2.42. The van der Waals surface area contributed by atoms with Crippen LogP contribution in [0.3, 0.4) is 0 Å². The standard InChI is InChI=1S/C14H7Cl2F3N2O/c15-9-4-8(14(17,18)19)5-10(16)13(9)22-11-3-1-2-7(6-20)12(11)21/h1-5H,21H2. The number of nitrogen functional groups attached to an aromatic ring is 1. The zero-order valence-electron chi connectivity index (χ0n) is 10.7. The summed E-state index contributed by atoms with van der Waals surface area (Å²) < 4.78 is 43.3. The number of ether oxygens (including phenoxy) is 1. The third-order valence-corrected chi connectivity index (χ3v) is 3.29. The summed E-state index contributed by atoms with van der Waals surface area (Å²) in [6.07, 6.45) is -4.58. The number of benzene rings is 2. The minimum Gasteiger partial charge on any atom is -0.452 e. The summed E-state index contributed by atoms with van der Waals surface area (Å²) in [6.45, 7) is 0. The number of nitriles is 1. The van der Waals surface area contributed by atoms with E-state index in [4.69, 9.17) is 38.9 Å². The molecule has 2 N–H and O–H groups in total. The van der Waals surface area contributed by atoms with Crippen LogP contribution < -0.4 is 10.5 Å². The van der Waals surface area contributed by atoms with Gasteiger partial charge in [-0.05, 0) is 24.3 Å². The van der Waals surface area contributed by atoms with Crippen molar-refractivity contribution in [3.8, 4) is 17.6 Å². The Labute approximate surface area is 133 Å². The first-order chi connectivity index (χ1) is 10.2. The highest BCUT2D eigenvalue weighted by atomic mass is 35.5. The molecule has 0 radical (unpaired) electrons. The van der Waals surface area contributed by atoms with Crippen LogP contribution in [0, 0.1) is 11.3 Å². The second-order valence-electron chi connectivity index (χ2n) is 4.20. The van der Waals surface area contributed by atoms with Gasteiger partial charge in [-0.3, -0.25) is 0 Å². The number of halogens is 5. The van der Waals surface area contributed by atoms with Crippen LogP contribution in [-0.2, 0) is 6.18 Å². The summed E-state index contributed by atoms with van der Waals surface area (Å²) in [7, 11) is 0. The van der Waals surface area contributed by atoms with Gasteiger partial charge in [0.1, 0.15) is 6.07 Å². The largest absolute Gasteiger partial charge is 0.452 e. The SMILES string of the molecule is N#Cc1cccc(Oc2c(Cl)cc(C(F)(F)F)cc2Cl)c1N. The van der Waals surface area contributed by atoms with Crippen molar-refractivity contribution in [3.05, 3.63) is 51.5 Å². The predicted octanol–water partition coefficient (Wildman–Crippen LogP) is 5.26. The lowest BCUT2D eigenvalue weighted by Gasteiger charge is -2.14. The summed E-state index contributed by atoms with van der Waals surface area (Å²) in [6, 6.07) is 7.69. The van der Waals surface area contributed by atoms with Gasteiger partial charge in [0.2, 0.25) is 0 Å². The Morgan fingerprint density at radius 1 is 1.14 bits per heavy atom.